The molecule has 3 N–H and O–H groups in total. The van der Waals surface area contributed by atoms with Crippen molar-refractivity contribution < 1.29 is 15.3 Å². The lowest BCUT2D eigenvalue weighted by Gasteiger charge is -2.36. The molecule has 1 atom stereocenters. The van der Waals surface area contributed by atoms with Crippen LogP contribution in [0.5, 0.6) is 0 Å². The Morgan fingerprint density at radius 3 is 2.08 bits per heavy atom. The first-order valence-electron chi connectivity index (χ1n) is 5.04. The summed E-state index contributed by atoms with van der Waals surface area (Å²) in [4.78, 5) is 0. The molecular formula is C10H20O3. The minimum Gasteiger partial charge on any atom is -0.396 e. The van der Waals surface area contributed by atoms with Gasteiger partial charge in [-0.05, 0) is 44.4 Å². The number of rotatable bonds is 3. The van der Waals surface area contributed by atoms with Crippen LogP contribution in [-0.4, -0.2) is 34.1 Å². The van der Waals surface area contributed by atoms with E-state index in [4.69, 9.17) is 10.2 Å². The standard InChI is InChI=1S/C10H20O3/c1-10(13,7-12)9-4-2-8(6-11)3-5-9/h8-9,11-13H,2-7H2,1H3/t8?,9?,10-/m1/s1. The molecule has 0 radical (unpaired) electrons. The Kier molecular flexibility index (Phi) is 3.71. The first kappa shape index (κ1) is 11.0. The predicted octanol–water partition coefficient (Wildman–Crippen LogP) is 0.528. The molecule has 0 aromatic heterocycles. The summed E-state index contributed by atoms with van der Waals surface area (Å²) in [5, 5.41) is 27.7. The zero-order valence-corrected chi connectivity index (χ0v) is 8.24. The van der Waals surface area contributed by atoms with Crippen molar-refractivity contribution in [2.24, 2.45) is 11.8 Å². The lowest BCUT2D eigenvalue weighted by Crippen LogP contribution is -2.40. The van der Waals surface area contributed by atoms with E-state index in [1.807, 2.05) is 0 Å². The zero-order chi connectivity index (χ0) is 9.90. The van der Waals surface area contributed by atoms with Gasteiger partial charge in [-0.1, -0.05) is 0 Å². The Bertz CT molecular complexity index is 148. The van der Waals surface area contributed by atoms with Crippen molar-refractivity contribution in [2.75, 3.05) is 13.2 Å². The van der Waals surface area contributed by atoms with Crippen LogP contribution in [-0.2, 0) is 0 Å². The van der Waals surface area contributed by atoms with E-state index in [0.29, 0.717) is 5.92 Å². The van der Waals surface area contributed by atoms with Crippen molar-refractivity contribution in [2.45, 2.75) is 38.2 Å². The van der Waals surface area contributed by atoms with Crippen LogP contribution in [0, 0.1) is 11.8 Å². The number of hydrogen-bond donors (Lipinski definition) is 3. The van der Waals surface area contributed by atoms with Crippen LogP contribution >= 0.6 is 0 Å². The van der Waals surface area contributed by atoms with Gasteiger partial charge in [-0.3, -0.25) is 0 Å². The minimum atomic E-state index is -0.930. The van der Waals surface area contributed by atoms with Gasteiger partial charge in [0.25, 0.3) is 0 Å². The Morgan fingerprint density at radius 2 is 1.69 bits per heavy atom. The summed E-state index contributed by atoms with van der Waals surface area (Å²) in [5.74, 6) is 0.603. The van der Waals surface area contributed by atoms with Gasteiger partial charge in [-0.2, -0.15) is 0 Å². The van der Waals surface area contributed by atoms with Crippen LogP contribution < -0.4 is 0 Å². The van der Waals surface area contributed by atoms with Crippen LogP contribution in [0.3, 0.4) is 0 Å². The van der Waals surface area contributed by atoms with Crippen molar-refractivity contribution in [3.63, 3.8) is 0 Å². The Labute approximate surface area is 79.4 Å². The molecule has 0 spiro atoms. The molecule has 1 fully saturated rings. The fourth-order valence-electron chi connectivity index (χ4n) is 2.10. The summed E-state index contributed by atoms with van der Waals surface area (Å²) in [5.41, 5.74) is -0.930. The van der Waals surface area contributed by atoms with Gasteiger partial charge in [0.1, 0.15) is 0 Å². The van der Waals surface area contributed by atoms with Crippen molar-refractivity contribution in [1.82, 2.24) is 0 Å². The lowest BCUT2D eigenvalue weighted by molar-refractivity contribution is -0.0636. The van der Waals surface area contributed by atoms with Crippen molar-refractivity contribution in [3.05, 3.63) is 0 Å². The second-order valence-electron chi connectivity index (χ2n) is 4.42. The van der Waals surface area contributed by atoms with Gasteiger partial charge in [0, 0.05) is 6.61 Å². The Morgan fingerprint density at radius 1 is 1.15 bits per heavy atom. The molecule has 0 unspecified atom stereocenters. The fraction of sp³-hybridized carbons (Fsp3) is 1.00. The number of hydrogen-bond acceptors (Lipinski definition) is 3. The van der Waals surface area contributed by atoms with Gasteiger partial charge < -0.3 is 15.3 Å². The molecule has 0 amide bonds. The monoisotopic (exact) mass is 188 g/mol. The molecule has 1 rings (SSSR count). The molecule has 0 aromatic carbocycles. The highest BCUT2D eigenvalue weighted by atomic mass is 16.3. The van der Waals surface area contributed by atoms with Gasteiger partial charge >= 0.3 is 0 Å². The van der Waals surface area contributed by atoms with E-state index in [1.54, 1.807) is 6.92 Å². The molecule has 0 saturated heterocycles. The summed E-state index contributed by atoms with van der Waals surface area (Å²) in [7, 11) is 0. The smallest absolute Gasteiger partial charge is 0.0877 e. The average molecular weight is 188 g/mol. The highest BCUT2D eigenvalue weighted by Gasteiger charge is 2.34. The molecular weight excluding hydrogens is 168 g/mol. The van der Waals surface area contributed by atoms with E-state index in [2.05, 4.69) is 0 Å². The van der Waals surface area contributed by atoms with Gasteiger partial charge in [0.15, 0.2) is 0 Å². The lowest BCUT2D eigenvalue weighted by atomic mass is 9.74. The molecule has 1 saturated carbocycles. The summed E-state index contributed by atoms with van der Waals surface area (Å²) in [6, 6.07) is 0. The van der Waals surface area contributed by atoms with E-state index < -0.39 is 5.60 Å². The van der Waals surface area contributed by atoms with Crippen LogP contribution in [0.25, 0.3) is 0 Å². The van der Waals surface area contributed by atoms with Crippen LogP contribution in [0.4, 0.5) is 0 Å². The summed E-state index contributed by atoms with van der Waals surface area (Å²) in [6.07, 6.45) is 3.77. The van der Waals surface area contributed by atoms with Gasteiger partial charge in [-0.25, -0.2) is 0 Å². The highest BCUT2D eigenvalue weighted by molar-refractivity contribution is 4.85. The van der Waals surface area contributed by atoms with Gasteiger partial charge in [0.05, 0.1) is 12.2 Å². The Balaban J connectivity index is 2.40. The maximum Gasteiger partial charge on any atom is 0.0877 e. The van der Waals surface area contributed by atoms with E-state index in [-0.39, 0.29) is 19.1 Å². The van der Waals surface area contributed by atoms with Gasteiger partial charge in [0.2, 0.25) is 0 Å². The third-order valence-electron chi connectivity index (χ3n) is 3.30. The SMILES string of the molecule is C[C@@](O)(CO)C1CCC(CO)CC1. The number of aliphatic hydroxyl groups is 3. The van der Waals surface area contributed by atoms with Crippen LogP contribution in [0.15, 0.2) is 0 Å². The molecule has 78 valence electrons. The molecule has 1 aliphatic rings. The van der Waals surface area contributed by atoms with E-state index >= 15 is 0 Å². The third-order valence-corrected chi connectivity index (χ3v) is 3.30. The van der Waals surface area contributed by atoms with E-state index in [9.17, 15) is 5.11 Å². The molecule has 1 aliphatic carbocycles. The molecule has 13 heavy (non-hydrogen) atoms. The van der Waals surface area contributed by atoms with Crippen molar-refractivity contribution in [3.8, 4) is 0 Å². The van der Waals surface area contributed by atoms with E-state index in [0.717, 1.165) is 25.7 Å². The van der Waals surface area contributed by atoms with Crippen molar-refractivity contribution in [1.29, 1.82) is 0 Å². The average Bonchev–Trinajstić information content (AvgIpc) is 2.18. The maximum atomic E-state index is 9.79. The number of aliphatic hydroxyl groups excluding tert-OH is 2. The fourth-order valence-corrected chi connectivity index (χ4v) is 2.10. The predicted molar refractivity (Wildman–Crippen MR) is 50.2 cm³/mol. The molecule has 0 heterocycles. The normalized spacial score (nSPS) is 34.2. The van der Waals surface area contributed by atoms with Crippen molar-refractivity contribution >= 4 is 0 Å². The van der Waals surface area contributed by atoms with Gasteiger partial charge in [-0.15, -0.1) is 0 Å². The summed E-state index contributed by atoms with van der Waals surface area (Å²) in [6.45, 7) is 1.78. The first-order valence-corrected chi connectivity index (χ1v) is 5.04. The van der Waals surface area contributed by atoms with Crippen LogP contribution in [0.2, 0.25) is 0 Å². The molecule has 0 aliphatic heterocycles. The van der Waals surface area contributed by atoms with E-state index in [1.165, 1.54) is 0 Å². The largest absolute Gasteiger partial charge is 0.396 e. The first-order chi connectivity index (χ1) is 6.10. The van der Waals surface area contributed by atoms with Crippen LogP contribution in [0.1, 0.15) is 32.6 Å². The maximum absolute atomic E-state index is 9.79. The highest BCUT2D eigenvalue weighted by Crippen LogP contribution is 2.34. The molecule has 0 bridgehead atoms. The quantitative estimate of drug-likeness (QED) is 0.605. The minimum absolute atomic E-state index is 0.165. The topological polar surface area (TPSA) is 60.7 Å². The summed E-state index contributed by atoms with van der Waals surface area (Å²) < 4.78 is 0. The second-order valence-corrected chi connectivity index (χ2v) is 4.42. The second kappa shape index (κ2) is 4.40. The Hall–Kier alpha value is -0.120. The molecule has 3 heteroatoms. The zero-order valence-electron chi connectivity index (χ0n) is 8.24. The molecule has 0 aromatic rings. The molecule has 3 nitrogen and oxygen atoms in total. The third kappa shape index (κ3) is 2.66. The summed E-state index contributed by atoms with van der Waals surface area (Å²) >= 11 is 0.